The van der Waals surface area contributed by atoms with Crippen LogP contribution in [0.2, 0.25) is 0 Å². The van der Waals surface area contributed by atoms with Gasteiger partial charge >= 0.3 is 0 Å². The summed E-state index contributed by atoms with van der Waals surface area (Å²) in [4.78, 5) is 12.6. The van der Waals surface area contributed by atoms with Gasteiger partial charge in [-0.05, 0) is 48.2 Å². The van der Waals surface area contributed by atoms with Gasteiger partial charge in [-0.2, -0.15) is 0 Å². The molecule has 0 aliphatic rings. The van der Waals surface area contributed by atoms with Crippen molar-refractivity contribution < 1.29 is 13.2 Å². The van der Waals surface area contributed by atoms with Gasteiger partial charge in [0.15, 0.2) is 9.84 Å². The highest BCUT2D eigenvalue weighted by molar-refractivity contribution is 7.90. The SMILES string of the molecule is Cc1cccc(C(C)C)c1NC(=O)c1ccc(S(C)(=O)=O)cc1. The Morgan fingerprint density at radius 3 is 2.17 bits per heavy atom. The largest absolute Gasteiger partial charge is 0.321 e. The summed E-state index contributed by atoms with van der Waals surface area (Å²) in [5.74, 6) is 0.0408. The summed E-state index contributed by atoms with van der Waals surface area (Å²) in [5, 5.41) is 2.95. The van der Waals surface area contributed by atoms with Crippen LogP contribution in [0.5, 0.6) is 0 Å². The summed E-state index contributed by atoms with van der Waals surface area (Å²) in [6.07, 6.45) is 1.14. The summed E-state index contributed by atoms with van der Waals surface area (Å²) < 4.78 is 22.9. The molecule has 2 aromatic rings. The molecule has 5 heteroatoms. The highest BCUT2D eigenvalue weighted by Crippen LogP contribution is 2.27. The summed E-state index contributed by atoms with van der Waals surface area (Å²) in [7, 11) is -3.26. The fourth-order valence-corrected chi connectivity index (χ4v) is 3.01. The van der Waals surface area contributed by atoms with Gasteiger partial charge < -0.3 is 5.32 Å². The molecule has 0 aliphatic heterocycles. The molecule has 0 unspecified atom stereocenters. The Morgan fingerprint density at radius 2 is 1.65 bits per heavy atom. The molecule has 23 heavy (non-hydrogen) atoms. The third-order valence-electron chi connectivity index (χ3n) is 3.71. The van der Waals surface area contributed by atoms with Gasteiger partial charge in [0.25, 0.3) is 5.91 Å². The van der Waals surface area contributed by atoms with Crippen molar-refractivity contribution in [1.82, 2.24) is 0 Å². The van der Waals surface area contributed by atoms with E-state index < -0.39 is 9.84 Å². The van der Waals surface area contributed by atoms with Crippen LogP contribution in [0.1, 0.15) is 41.3 Å². The molecule has 2 rings (SSSR count). The first-order chi connectivity index (χ1) is 10.7. The second-order valence-electron chi connectivity index (χ2n) is 5.94. The quantitative estimate of drug-likeness (QED) is 0.927. The second kappa shape index (κ2) is 6.54. The Bertz CT molecular complexity index is 822. The molecule has 0 atom stereocenters. The fraction of sp³-hybridized carbons (Fsp3) is 0.278. The van der Waals surface area contributed by atoms with E-state index >= 15 is 0 Å². The van der Waals surface area contributed by atoms with Crippen molar-refractivity contribution in [3.63, 3.8) is 0 Å². The minimum absolute atomic E-state index is 0.202. The van der Waals surface area contributed by atoms with Crippen LogP contribution in [0, 0.1) is 6.92 Å². The van der Waals surface area contributed by atoms with Crippen LogP contribution in [0.15, 0.2) is 47.4 Å². The maximum absolute atomic E-state index is 12.4. The zero-order valence-corrected chi connectivity index (χ0v) is 14.6. The van der Waals surface area contributed by atoms with Gasteiger partial charge in [0.05, 0.1) is 4.90 Å². The smallest absolute Gasteiger partial charge is 0.255 e. The number of benzene rings is 2. The Balaban J connectivity index is 2.30. The molecule has 0 spiro atoms. The average Bonchev–Trinajstić information content (AvgIpc) is 2.48. The van der Waals surface area contributed by atoms with E-state index in [1.165, 1.54) is 24.3 Å². The van der Waals surface area contributed by atoms with Gasteiger partial charge in [-0.15, -0.1) is 0 Å². The molecule has 122 valence electrons. The van der Waals surface area contributed by atoms with Crippen LogP contribution < -0.4 is 5.32 Å². The number of amides is 1. The van der Waals surface area contributed by atoms with Gasteiger partial charge in [-0.25, -0.2) is 8.42 Å². The molecular weight excluding hydrogens is 310 g/mol. The lowest BCUT2D eigenvalue weighted by Gasteiger charge is -2.16. The number of sulfone groups is 1. The van der Waals surface area contributed by atoms with Gasteiger partial charge in [-0.1, -0.05) is 32.0 Å². The van der Waals surface area contributed by atoms with E-state index in [-0.39, 0.29) is 16.7 Å². The van der Waals surface area contributed by atoms with E-state index in [2.05, 4.69) is 19.2 Å². The lowest BCUT2D eigenvalue weighted by atomic mass is 9.98. The molecular formula is C18H21NO3S. The number of rotatable bonds is 4. The monoisotopic (exact) mass is 331 g/mol. The fourth-order valence-electron chi connectivity index (χ4n) is 2.38. The molecule has 4 nitrogen and oxygen atoms in total. The molecule has 0 bridgehead atoms. The lowest BCUT2D eigenvalue weighted by Crippen LogP contribution is -2.15. The molecule has 0 radical (unpaired) electrons. The minimum atomic E-state index is -3.26. The first-order valence-electron chi connectivity index (χ1n) is 7.41. The number of carbonyl (C=O) groups excluding carboxylic acids is 1. The molecule has 0 heterocycles. The van der Waals surface area contributed by atoms with Gasteiger partial charge in [0.2, 0.25) is 0 Å². The van der Waals surface area contributed by atoms with Crippen molar-refractivity contribution in [2.75, 3.05) is 11.6 Å². The Labute approximate surface area is 137 Å². The molecule has 0 aliphatic carbocycles. The van der Waals surface area contributed by atoms with Crippen LogP contribution in [-0.2, 0) is 9.84 Å². The van der Waals surface area contributed by atoms with Crippen molar-refractivity contribution in [3.8, 4) is 0 Å². The van der Waals surface area contributed by atoms with E-state index in [9.17, 15) is 13.2 Å². The maximum Gasteiger partial charge on any atom is 0.255 e. The Morgan fingerprint density at radius 1 is 1.04 bits per heavy atom. The molecule has 0 saturated heterocycles. The zero-order valence-electron chi connectivity index (χ0n) is 13.8. The van der Waals surface area contributed by atoms with Crippen molar-refractivity contribution in [2.24, 2.45) is 0 Å². The standard InChI is InChI=1S/C18H21NO3S/c1-12(2)16-7-5-6-13(3)17(16)19-18(20)14-8-10-15(11-9-14)23(4,21)22/h5-12H,1-4H3,(H,19,20). The van der Waals surface area contributed by atoms with E-state index in [1.807, 2.05) is 25.1 Å². The summed E-state index contributed by atoms with van der Waals surface area (Å²) in [6, 6.07) is 11.9. The first-order valence-corrected chi connectivity index (χ1v) is 9.30. The Kier molecular flexibility index (Phi) is 4.90. The Hall–Kier alpha value is -2.14. The van der Waals surface area contributed by atoms with Crippen LogP contribution in [0.3, 0.4) is 0 Å². The van der Waals surface area contributed by atoms with Crippen LogP contribution in [0.25, 0.3) is 0 Å². The lowest BCUT2D eigenvalue weighted by molar-refractivity contribution is 0.102. The van der Waals surface area contributed by atoms with E-state index in [4.69, 9.17) is 0 Å². The second-order valence-corrected chi connectivity index (χ2v) is 7.96. The van der Waals surface area contributed by atoms with Gasteiger partial charge in [0, 0.05) is 17.5 Å². The van der Waals surface area contributed by atoms with E-state index in [1.54, 1.807) is 0 Å². The third-order valence-corrected chi connectivity index (χ3v) is 4.84. The van der Waals surface area contributed by atoms with Gasteiger partial charge in [-0.3, -0.25) is 4.79 Å². The molecule has 0 fully saturated rings. The highest BCUT2D eigenvalue weighted by atomic mass is 32.2. The van der Waals surface area contributed by atoms with Crippen molar-refractivity contribution >= 4 is 21.4 Å². The minimum Gasteiger partial charge on any atom is -0.321 e. The van der Waals surface area contributed by atoms with Crippen molar-refractivity contribution in [3.05, 3.63) is 59.2 Å². The van der Waals surface area contributed by atoms with Crippen molar-refractivity contribution in [2.45, 2.75) is 31.6 Å². The molecule has 0 saturated carbocycles. The number of anilines is 1. The molecule has 0 aromatic heterocycles. The third kappa shape index (κ3) is 3.99. The summed E-state index contributed by atoms with van der Waals surface area (Å²) in [6.45, 7) is 6.10. The molecule has 1 amide bonds. The number of aryl methyl sites for hydroxylation is 1. The normalized spacial score (nSPS) is 11.5. The number of para-hydroxylation sites is 1. The number of nitrogens with one attached hydrogen (secondary N) is 1. The summed E-state index contributed by atoms with van der Waals surface area (Å²) in [5.41, 5.74) is 3.32. The number of carbonyl (C=O) groups is 1. The maximum atomic E-state index is 12.4. The van der Waals surface area contributed by atoms with Crippen LogP contribution in [0.4, 0.5) is 5.69 Å². The zero-order chi connectivity index (χ0) is 17.2. The van der Waals surface area contributed by atoms with E-state index in [0.29, 0.717) is 5.56 Å². The predicted octanol–water partition coefficient (Wildman–Crippen LogP) is 3.77. The van der Waals surface area contributed by atoms with Crippen molar-refractivity contribution in [1.29, 1.82) is 0 Å². The topological polar surface area (TPSA) is 63.2 Å². The highest BCUT2D eigenvalue weighted by Gasteiger charge is 2.14. The van der Waals surface area contributed by atoms with Crippen LogP contribution >= 0.6 is 0 Å². The predicted molar refractivity (Wildman–Crippen MR) is 92.8 cm³/mol. The first kappa shape index (κ1) is 17.2. The van der Waals surface area contributed by atoms with Crippen LogP contribution in [-0.4, -0.2) is 20.6 Å². The summed E-state index contributed by atoms with van der Waals surface area (Å²) >= 11 is 0. The average molecular weight is 331 g/mol. The number of hydrogen-bond acceptors (Lipinski definition) is 3. The molecule has 2 aromatic carbocycles. The van der Waals surface area contributed by atoms with Gasteiger partial charge in [0.1, 0.15) is 0 Å². The molecule has 1 N–H and O–H groups in total. The van der Waals surface area contributed by atoms with E-state index in [0.717, 1.165) is 23.1 Å². The number of hydrogen-bond donors (Lipinski definition) is 1.